The highest BCUT2D eigenvalue weighted by molar-refractivity contribution is 7.88. The van der Waals surface area contributed by atoms with Gasteiger partial charge in [-0.1, -0.05) is 54.1 Å². The standard InChI is InChI=1S/C22H21ClN2O4S/c1-30(27,28)25(15-17-11-13-18(23)14-12-17)16-22(26)24-20-9-5-6-10-21(20)29-19-7-3-2-4-8-19/h2-14H,15-16H2,1H3,(H,24,26). The summed E-state index contributed by atoms with van der Waals surface area (Å²) in [5.74, 6) is 0.610. The van der Waals surface area contributed by atoms with E-state index in [1.165, 1.54) is 0 Å². The number of nitrogens with one attached hydrogen (secondary N) is 1. The maximum absolute atomic E-state index is 12.6. The van der Waals surface area contributed by atoms with Gasteiger partial charge >= 0.3 is 0 Å². The SMILES string of the molecule is CS(=O)(=O)N(CC(=O)Nc1ccccc1Oc1ccccc1)Cc1ccc(Cl)cc1. The number of hydrogen-bond donors (Lipinski definition) is 1. The van der Waals surface area contributed by atoms with Crippen LogP contribution in [0.4, 0.5) is 5.69 Å². The lowest BCUT2D eigenvalue weighted by molar-refractivity contribution is -0.116. The maximum atomic E-state index is 12.6. The molecule has 0 atom stereocenters. The molecule has 1 N–H and O–H groups in total. The van der Waals surface area contributed by atoms with Gasteiger partial charge in [0.15, 0.2) is 5.75 Å². The summed E-state index contributed by atoms with van der Waals surface area (Å²) >= 11 is 5.88. The number of carbonyl (C=O) groups excluding carboxylic acids is 1. The molecule has 0 heterocycles. The van der Waals surface area contributed by atoms with Crippen LogP contribution < -0.4 is 10.1 Å². The van der Waals surface area contributed by atoms with Gasteiger partial charge in [-0.15, -0.1) is 0 Å². The molecule has 0 fully saturated rings. The van der Waals surface area contributed by atoms with E-state index in [0.29, 0.717) is 22.2 Å². The zero-order valence-electron chi connectivity index (χ0n) is 16.3. The van der Waals surface area contributed by atoms with E-state index in [1.54, 1.807) is 60.7 Å². The van der Waals surface area contributed by atoms with Crippen molar-refractivity contribution < 1.29 is 17.9 Å². The Morgan fingerprint density at radius 2 is 1.60 bits per heavy atom. The molecule has 30 heavy (non-hydrogen) atoms. The fourth-order valence-corrected chi connectivity index (χ4v) is 3.57. The van der Waals surface area contributed by atoms with Crippen molar-refractivity contribution >= 4 is 33.2 Å². The molecule has 1 amide bonds. The number of halogens is 1. The number of para-hydroxylation sites is 3. The van der Waals surface area contributed by atoms with Gasteiger partial charge in [-0.3, -0.25) is 4.79 Å². The van der Waals surface area contributed by atoms with Gasteiger partial charge in [0.05, 0.1) is 18.5 Å². The largest absolute Gasteiger partial charge is 0.455 e. The highest BCUT2D eigenvalue weighted by Gasteiger charge is 2.21. The van der Waals surface area contributed by atoms with Crippen molar-refractivity contribution in [2.24, 2.45) is 0 Å². The fourth-order valence-electron chi connectivity index (χ4n) is 2.71. The van der Waals surface area contributed by atoms with Crippen LogP contribution in [0.25, 0.3) is 0 Å². The Balaban J connectivity index is 1.72. The van der Waals surface area contributed by atoms with Gasteiger partial charge in [-0.2, -0.15) is 4.31 Å². The molecule has 6 nitrogen and oxygen atoms in total. The molecule has 0 unspecified atom stereocenters. The Morgan fingerprint density at radius 3 is 2.27 bits per heavy atom. The lowest BCUT2D eigenvalue weighted by Crippen LogP contribution is -2.36. The summed E-state index contributed by atoms with van der Waals surface area (Å²) in [6.45, 7) is -0.271. The van der Waals surface area contributed by atoms with Crippen LogP contribution in [-0.2, 0) is 21.4 Å². The van der Waals surface area contributed by atoms with Gasteiger partial charge in [0.2, 0.25) is 15.9 Å². The first kappa shape index (κ1) is 21.8. The Morgan fingerprint density at radius 1 is 0.967 bits per heavy atom. The molecule has 0 aliphatic heterocycles. The summed E-state index contributed by atoms with van der Waals surface area (Å²) in [7, 11) is -3.61. The number of sulfonamides is 1. The van der Waals surface area contributed by atoms with Gasteiger partial charge in [0, 0.05) is 11.6 Å². The molecule has 0 saturated carbocycles. The van der Waals surface area contributed by atoms with E-state index in [0.717, 1.165) is 16.1 Å². The molecular formula is C22H21ClN2O4S. The minimum absolute atomic E-state index is 0.0611. The van der Waals surface area contributed by atoms with Crippen molar-refractivity contribution in [2.45, 2.75) is 6.54 Å². The maximum Gasteiger partial charge on any atom is 0.239 e. The number of benzene rings is 3. The summed E-state index contributed by atoms with van der Waals surface area (Å²) in [4.78, 5) is 12.6. The quantitative estimate of drug-likeness (QED) is 0.553. The molecular weight excluding hydrogens is 424 g/mol. The molecule has 3 aromatic carbocycles. The van der Waals surface area contributed by atoms with Crippen molar-refractivity contribution in [3.8, 4) is 11.5 Å². The summed E-state index contributed by atoms with van der Waals surface area (Å²) in [5, 5.41) is 3.29. The van der Waals surface area contributed by atoms with Gasteiger partial charge in [0.25, 0.3) is 0 Å². The third-order valence-electron chi connectivity index (χ3n) is 4.19. The number of hydrogen-bond acceptors (Lipinski definition) is 4. The molecule has 0 radical (unpaired) electrons. The van der Waals surface area contributed by atoms with Gasteiger partial charge in [-0.05, 0) is 42.0 Å². The zero-order chi connectivity index (χ0) is 21.6. The first-order chi connectivity index (χ1) is 14.3. The average molecular weight is 445 g/mol. The van der Waals surface area contributed by atoms with Crippen molar-refractivity contribution in [2.75, 3.05) is 18.1 Å². The second-order valence-corrected chi connectivity index (χ2v) is 9.04. The van der Waals surface area contributed by atoms with E-state index in [4.69, 9.17) is 16.3 Å². The Kier molecular flexibility index (Phi) is 7.10. The Bertz CT molecular complexity index is 1100. The van der Waals surface area contributed by atoms with E-state index in [9.17, 15) is 13.2 Å². The third-order valence-corrected chi connectivity index (χ3v) is 5.64. The zero-order valence-corrected chi connectivity index (χ0v) is 17.9. The number of rotatable bonds is 8. The monoisotopic (exact) mass is 444 g/mol. The molecule has 8 heteroatoms. The van der Waals surface area contributed by atoms with Crippen LogP contribution >= 0.6 is 11.6 Å². The summed E-state index contributed by atoms with van der Waals surface area (Å²) in [6.07, 6.45) is 1.07. The minimum atomic E-state index is -3.61. The Hall–Kier alpha value is -2.87. The molecule has 0 aliphatic rings. The van der Waals surface area contributed by atoms with Crippen LogP contribution in [0, 0.1) is 0 Å². The number of amides is 1. The second-order valence-electron chi connectivity index (χ2n) is 6.62. The molecule has 0 spiro atoms. The first-order valence-electron chi connectivity index (χ1n) is 9.12. The molecule has 0 aliphatic carbocycles. The van der Waals surface area contributed by atoms with Gasteiger partial charge in [-0.25, -0.2) is 8.42 Å². The summed E-state index contributed by atoms with van der Waals surface area (Å²) in [6, 6.07) is 22.9. The first-order valence-corrected chi connectivity index (χ1v) is 11.4. The number of carbonyl (C=O) groups is 1. The van der Waals surface area contributed by atoms with Gasteiger partial charge < -0.3 is 10.1 Å². The summed E-state index contributed by atoms with van der Waals surface area (Å²) in [5.41, 5.74) is 1.18. The van der Waals surface area contributed by atoms with E-state index in [-0.39, 0.29) is 13.1 Å². The lowest BCUT2D eigenvalue weighted by atomic mass is 10.2. The number of nitrogens with zero attached hydrogens (tertiary/aromatic N) is 1. The second kappa shape index (κ2) is 9.75. The minimum Gasteiger partial charge on any atom is -0.455 e. The highest BCUT2D eigenvalue weighted by Crippen LogP contribution is 2.29. The molecule has 156 valence electrons. The van der Waals surface area contributed by atoms with Crippen molar-refractivity contribution in [3.63, 3.8) is 0 Å². The van der Waals surface area contributed by atoms with Crippen LogP contribution in [0.3, 0.4) is 0 Å². The van der Waals surface area contributed by atoms with Crippen molar-refractivity contribution in [3.05, 3.63) is 89.4 Å². The normalized spacial score (nSPS) is 11.3. The number of anilines is 1. The van der Waals surface area contributed by atoms with Crippen LogP contribution in [0.5, 0.6) is 11.5 Å². The van der Waals surface area contributed by atoms with E-state index in [2.05, 4.69) is 5.32 Å². The van der Waals surface area contributed by atoms with Crippen molar-refractivity contribution in [1.29, 1.82) is 0 Å². The average Bonchev–Trinajstić information content (AvgIpc) is 2.71. The predicted octanol–water partition coefficient (Wildman–Crippen LogP) is 4.53. The van der Waals surface area contributed by atoms with Crippen LogP contribution in [-0.4, -0.2) is 31.4 Å². The van der Waals surface area contributed by atoms with Crippen molar-refractivity contribution in [1.82, 2.24) is 4.31 Å². The Labute approximate surface area is 181 Å². The topological polar surface area (TPSA) is 75.7 Å². The molecule has 0 saturated heterocycles. The predicted molar refractivity (Wildman–Crippen MR) is 118 cm³/mol. The smallest absolute Gasteiger partial charge is 0.239 e. The van der Waals surface area contributed by atoms with E-state index in [1.807, 2.05) is 18.2 Å². The molecule has 3 rings (SSSR count). The van der Waals surface area contributed by atoms with Crippen LogP contribution in [0.15, 0.2) is 78.9 Å². The van der Waals surface area contributed by atoms with Crippen LogP contribution in [0.1, 0.15) is 5.56 Å². The number of ether oxygens (including phenoxy) is 1. The molecule has 3 aromatic rings. The summed E-state index contributed by atoms with van der Waals surface area (Å²) < 4.78 is 31.3. The third kappa shape index (κ3) is 6.32. The lowest BCUT2D eigenvalue weighted by Gasteiger charge is -2.20. The molecule has 0 aromatic heterocycles. The fraction of sp³-hybridized carbons (Fsp3) is 0.136. The molecule has 0 bridgehead atoms. The highest BCUT2D eigenvalue weighted by atomic mass is 35.5. The van der Waals surface area contributed by atoms with E-state index < -0.39 is 15.9 Å². The van der Waals surface area contributed by atoms with Gasteiger partial charge in [0.1, 0.15) is 5.75 Å². The van der Waals surface area contributed by atoms with E-state index >= 15 is 0 Å². The van der Waals surface area contributed by atoms with Crippen LogP contribution in [0.2, 0.25) is 5.02 Å².